The van der Waals surface area contributed by atoms with Crippen LogP contribution in [-0.4, -0.2) is 90.0 Å². The molecule has 1 unspecified atom stereocenters. The van der Waals surface area contributed by atoms with Gasteiger partial charge in [0.2, 0.25) is 28.7 Å². The minimum atomic E-state index is -4.28. The number of ketones is 1. The van der Waals surface area contributed by atoms with Crippen LogP contribution in [0.15, 0.2) is 42.1 Å². The Bertz CT molecular complexity index is 1790. The topological polar surface area (TPSA) is 200 Å². The molecule has 0 spiro atoms. The largest absolute Gasteiger partial charge is 0.346 e. The van der Waals surface area contributed by atoms with Crippen molar-refractivity contribution in [3.8, 4) is 0 Å². The number of likely N-dealkylation sites (tertiary alicyclic amines) is 1. The van der Waals surface area contributed by atoms with Crippen molar-refractivity contribution in [2.45, 2.75) is 122 Å². The van der Waals surface area contributed by atoms with Crippen LogP contribution in [0.25, 0.3) is 11.0 Å². The average Bonchev–Trinajstić information content (AvgIpc) is 3.64. The fourth-order valence-corrected chi connectivity index (χ4v) is 9.05. The van der Waals surface area contributed by atoms with Gasteiger partial charge in [0, 0.05) is 13.1 Å². The number of aromatic amines is 1. The number of para-hydroxylation sites is 2. The number of benzene rings is 1. The van der Waals surface area contributed by atoms with Gasteiger partial charge >= 0.3 is 0 Å². The van der Waals surface area contributed by atoms with Gasteiger partial charge in [-0.1, -0.05) is 84.9 Å². The molecule has 296 valence electrons. The monoisotopic (exact) mass is 767 g/mol. The van der Waals surface area contributed by atoms with E-state index in [1.807, 2.05) is 13.8 Å². The number of aromatic nitrogens is 2. The van der Waals surface area contributed by atoms with Gasteiger partial charge in [-0.3, -0.25) is 24.0 Å². The molecule has 4 amide bonds. The van der Waals surface area contributed by atoms with Gasteiger partial charge in [0.1, 0.15) is 18.1 Å². The summed E-state index contributed by atoms with van der Waals surface area (Å²) in [7, 11) is -4.28. The third-order valence-corrected chi connectivity index (χ3v) is 12.4. The zero-order valence-electron chi connectivity index (χ0n) is 32.2. The first-order chi connectivity index (χ1) is 25.5. The quantitative estimate of drug-likeness (QED) is 0.127. The van der Waals surface area contributed by atoms with E-state index in [1.165, 1.54) is 11.0 Å². The summed E-state index contributed by atoms with van der Waals surface area (Å²) >= 11 is 0. The fraction of sp³-hybridized carbons (Fsp3) is 0.641. The van der Waals surface area contributed by atoms with E-state index < -0.39 is 69.0 Å². The summed E-state index contributed by atoms with van der Waals surface area (Å²) in [5.74, 6) is -3.52. The Balaban J connectivity index is 1.39. The number of sulfonamides is 1. The van der Waals surface area contributed by atoms with Gasteiger partial charge in [-0.05, 0) is 66.9 Å². The normalized spacial score (nSPS) is 21.3. The van der Waals surface area contributed by atoms with Crippen LogP contribution in [0.5, 0.6) is 0 Å². The van der Waals surface area contributed by atoms with Crippen molar-refractivity contribution in [1.29, 1.82) is 0 Å². The molecule has 5 atom stereocenters. The molecule has 2 aliphatic carbocycles. The molecular weight excluding hydrogens is 711 g/mol. The van der Waals surface area contributed by atoms with E-state index in [0.717, 1.165) is 32.1 Å². The zero-order valence-corrected chi connectivity index (χ0v) is 33.0. The highest BCUT2D eigenvalue weighted by atomic mass is 32.2. The Morgan fingerprint density at radius 3 is 2.30 bits per heavy atom. The highest BCUT2D eigenvalue weighted by Crippen LogP contribution is 2.36. The molecule has 2 saturated carbocycles. The molecule has 54 heavy (non-hydrogen) atoms. The number of hydrogen-bond donors (Lipinski definition) is 5. The maximum atomic E-state index is 14.7. The first-order valence-corrected chi connectivity index (χ1v) is 20.8. The summed E-state index contributed by atoms with van der Waals surface area (Å²) in [6, 6.07) is 2.63. The number of carbonyl (C=O) groups is 5. The number of Topliss-reactive ketones (excluding diaryl/α,β-unsaturated/α-hetero) is 1. The van der Waals surface area contributed by atoms with Crippen molar-refractivity contribution in [2.24, 2.45) is 29.1 Å². The average molecular weight is 768 g/mol. The number of fused-ring (bicyclic) bond motifs is 1. The van der Waals surface area contributed by atoms with Crippen LogP contribution >= 0.6 is 0 Å². The fourth-order valence-electron chi connectivity index (χ4n) is 7.84. The summed E-state index contributed by atoms with van der Waals surface area (Å²) < 4.78 is 30.1. The Kier molecular flexibility index (Phi) is 13.0. The van der Waals surface area contributed by atoms with Crippen molar-refractivity contribution >= 4 is 50.5 Å². The number of amides is 4. The van der Waals surface area contributed by atoms with E-state index in [4.69, 9.17) is 0 Å². The SMILES string of the molecule is C=CCNC(=O)C(=O)C(CC1CC1)NC(=O)[C@@H]1[C@@H](C(C)C)CCN1C(=O)[C@@H](NC(=O)[C@@H](NS(=O)(=O)c1nc2ccccc2[nH]1)C1CCCCC1)C(C)(C)C. The summed E-state index contributed by atoms with van der Waals surface area (Å²) in [6.45, 7) is 13.3. The van der Waals surface area contributed by atoms with Crippen molar-refractivity contribution in [2.75, 3.05) is 13.1 Å². The van der Waals surface area contributed by atoms with Gasteiger partial charge in [-0.2, -0.15) is 4.72 Å². The lowest BCUT2D eigenvalue weighted by atomic mass is 9.82. The second kappa shape index (κ2) is 17.1. The molecule has 1 aromatic carbocycles. The van der Waals surface area contributed by atoms with Crippen LogP contribution in [0.2, 0.25) is 0 Å². The number of rotatable bonds is 16. The highest BCUT2D eigenvalue weighted by molar-refractivity contribution is 7.89. The van der Waals surface area contributed by atoms with Crippen molar-refractivity contribution in [1.82, 2.24) is 35.5 Å². The number of carbonyl (C=O) groups excluding carboxylic acids is 5. The number of imidazole rings is 1. The first kappa shape index (κ1) is 41.1. The van der Waals surface area contributed by atoms with Crippen LogP contribution in [0.3, 0.4) is 0 Å². The number of nitrogens with zero attached hydrogens (tertiary/aromatic N) is 2. The van der Waals surface area contributed by atoms with Gasteiger partial charge in [-0.25, -0.2) is 13.4 Å². The molecule has 2 aromatic rings. The molecule has 2 heterocycles. The number of H-pyrrole nitrogens is 1. The van der Waals surface area contributed by atoms with E-state index in [-0.39, 0.29) is 41.9 Å². The highest BCUT2D eigenvalue weighted by Gasteiger charge is 2.49. The minimum Gasteiger partial charge on any atom is -0.346 e. The van der Waals surface area contributed by atoms with Crippen molar-refractivity contribution < 1.29 is 32.4 Å². The lowest BCUT2D eigenvalue weighted by Gasteiger charge is -2.38. The van der Waals surface area contributed by atoms with Crippen molar-refractivity contribution in [3.05, 3.63) is 36.9 Å². The number of nitrogens with one attached hydrogen (secondary N) is 5. The van der Waals surface area contributed by atoms with Crippen molar-refractivity contribution in [3.63, 3.8) is 0 Å². The molecule has 1 aromatic heterocycles. The standard InChI is InChI=1S/C39H57N7O7S/c1-7-20-40-36(50)32(47)29(22-24-17-18-24)41-35(49)31-26(23(2)3)19-21-46(31)37(51)33(39(4,5)6)44-34(48)30(25-13-9-8-10-14-25)45-54(52,53)38-42-27-15-11-12-16-28(27)43-38/h7,11-12,15-16,23-26,29-31,33,45H,1,8-10,13-14,17-22H2,2-6H3,(H,40,50)(H,41,49)(H,42,43)(H,44,48)/t26-,29?,30+,31+,33-/m1/s1. The van der Waals surface area contributed by atoms with Gasteiger partial charge < -0.3 is 25.8 Å². The smallest absolute Gasteiger partial charge is 0.289 e. The summed E-state index contributed by atoms with van der Waals surface area (Å²) in [6.07, 6.45) is 8.03. The molecular formula is C39H57N7O7S. The minimum absolute atomic E-state index is 0.00182. The van der Waals surface area contributed by atoms with E-state index in [9.17, 15) is 32.4 Å². The zero-order chi connectivity index (χ0) is 39.4. The molecule has 0 bridgehead atoms. The Hall–Kier alpha value is -4.11. The predicted octanol–water partition coefficient (Wildman–Crippen LogP) is 3.35. The third kappa shape index (κ3) is 9.76. The maximum absolute atomic E-state index is 14.7. The molecule has 14 nitrogen and oxygen atoms in total. The molecule has 15 heteroatoms. The molecule has 3 aliphatic rings. The Morgan fingerprint density at radius 2 is 1.69 bits per heavy atom. The van der Waals surface area contributed by atoms with E-state index in [2.05, 4.69) is 37.2 Å². The van der Waals surface area contributed by atoms with Gasteiger partial charge in [0.25, 0.3) is 15.9 Å². The number of hydrogen-bond acceptors (Lipinski definition) is 8. The Morgan fingerprint density at radius 1 is 1.00 bits per heavy atom. The summed E-state index contributed by atoms with van der Waals surface area (Å²) in [4.78, 5) is 77.7. The van der Waals surface area contributed by atoms with Crippen LogP contribution in [0, 0.1) is 29.1 Å². The molecule has 3 fully saturated rings. The molecule has 5 rings (SSSR count). The summed E-state index contributed by atoms with van der Waals surface area (Å²) in [5.41, 5.74) is 0.169. The summed E-state index contributed by atoms with van der Waals surface area (Å²) in [5, 5.41) is 7.98. The van der Waals surface area contributed by atoms with Crippen LogP contribution < -0.4 is 20.7 Å². The maximum Gasteiger partial charge on any atom is 0.289 e. The molecule has 5 N–H and O–H groups in total. The molecule has 0 radical (unpaired) electrons. The molecule has 1 aliphatic heterocycles. The van der Waals surface area contributed by atoms with Crippen LogP contribution in [0.1, 0.15) is 92.4 Å². The Labute approximate surface area is 318 Å². The van der Waals surface area contributed by atoms with Crippen LogP contribution in [-0.2, 0) is 34.0 Å². The molecule has 1 saturated heterocycles. The van der Waals surface area contributed by atoms with E-state index in [1.54, 1.807) is 45.0 Å². The second-order valence-electron chi connectivity index (χ2n) is 16.6. The van der Waals surface area contributed by atoms with Gasteiger partial charge in [0.15, 0.2) is 0 Å². The van der Waals surface area contributed by atoms with Gasteiger partial charge in [0.05, 0.1) is 17.1 Å². The van der Waals surface area contributed by atoms with E-state index in [0.29, 0.717) is 36.7 Å². The lowest BCUT2D eigenvalue weighted by molar-refractivity contribution is -0.146. The first-order valence-electron chi connectivity index (χ1n) is 19.3. The lowest BCUT2D eigenvalue weighted by Crippen LogP contribution is -2.62. The third-order valence-electron chi connectivity index (χ3n) is 11.1. The van der Waals surface area contributed by atoms with E-state index >= 15 is 0 Å². The van der Waals surface area contributed by atoms with Crippen LogP contribution in [0.4, 0.5) is 0 Å². The second-order valence-corrected chi connectivity index (χ2v) is 18.3. The predicted molar refractivity (Wildman–Crippen MR) is 204 cm³/mol. The van der Waals surface area contributed by atoms with Gasteiger partial charge in [-0.15, -0.1) is 6.58 Å².